The summed E-state index contributed by atoms with van der Waals surface area (Å²) in [6.45, 7) is 2.43. The smallest absolute Gasteiger partial charge is 0.261 e. The van der Waals surface area contributed by atoms with Crippen LogP contribution in [0.25, 0.3) is 17.4 Å². The number of allylic oxidation sites excluding steroid dienone is 4. The molecule has 0 saturated carbocycles. The van der Waals surface area contributed by atoms with Crippen LogP contribution in [0.1, 0.15) is 47.1 Å². The Labute approximate surface area is 224 Å². The maximum Gasteiger partial charge on any atom is 0.261 e. The maximum atomic E-state index is 8.65. The Morgan fingerprint density at radius 3 is 2.00 bits per heavy atom. The fourth-order valence-corrected chi connectivity index (χ4v) is 5.63. The largest absolute Gasteiger partial charge is 0.593 e. The van der Waals surface area contributed by atoms with E-state index in [4.69, 9.17) is 5.11 Å². The molecule has 0 amide bonds. The van der Waals surface area contributed by atoms with Crippen LogP contribution in [0, 0.1) is 0 Å². The first-order valence-electron chi connectivity index (χ1n) is 12.3. The molecule has 2 N–H and O–H groups in total. The van der Waals surface area contributed by atoms with E-state index in [1.807, 2.05) is 30.3 Å². The van der Waals surface area contributed by atoms with E-state index in [1.165, 1.54) is 61.2 Å². The lowest BCUT2D eigenvalue weighted by Crippen LogP contribution is -2.34. The van der Waals surface area contributed by atoms with E-state index in [0.717, 1.165) is 32.1 Å². The van der Waals surface area contributed by atoms with Crippen molar-refractivity contribution in [1.29, 1.82) is 0 Å². The molecular formula is C31H30Br2NO+. The molecule has 0 atom stereocenters. The highest BCUT2D eigenvalue weighted by atomic mass is 79.9. The summed E-state index contributed by atoms with van der Waals surface area (Å²) in [5.74, 6) is 0.508. The SMILES string of the molecule is [OH2+]/C(=C\C(=C/C/C=C/c1cc2c3c(c1)CCCN3CCC2)c1ccc(Br)cc1)c1ccc(Br)cc1. The van der Waals surface area contributed by atoms with Crippen molar-refractivity contribution in [3.8, 4) is 0 Å². The van der Waals surface area contributed by atoms with Gasteiger partial charge in [0.15, 0.2) is 0 Å². The van der Waals surface area contributed by atoms with E-state index in [9.17, 15) is 0 Å². The van der Waals surface area contributed by atoms with Gasteiger partial charge in [0.2, 0.25) is 0 Å². The number of nitrogens with zero attached hydrogens (tertiary/aromatic N) is 1. The van der Waals surface area contributed by atoms with E-state index < -0.39 is 0 Å². The molecule has 3 aromatic carbocycles. The molecule has 2 nitrogen and oxygen atoms in total. The second-order valence-corrected chi connectivity index (χ2v) is 11.1. The average Bonchev–Trinajstić information content (AvgIpc) is 2.87. The van der Waals surface area contributed by atoms with Gasteiger partial charge in [0.05, 0.1) is 5.56 Å². The van der Waals surface area contributed by atoms with Gasteiger partial charge < -0.3 is 10.0 Å². The van der Waals surface area contributed by atoms with E-state index in [-0.39, 0.29) is 0 Å². The highest BCUT2D eigenvalue weighted by Gasteiger charge is 2.23. The van der Waals surface area contributed by atoms with Gasteiger partial charge in [-0.25, -0.2) is 0 Å². The van der Waals surface area contributed by atoms with Crippen LogP contribution in [0.15, 0.2) is 87.8 Å². The fourth-order valence-electron chi connectivity index (χ4n) is 5.10. The predicted molar refractivity (Wildman–Crippen MR) is 157 cm³/mol. The highest BCUT2D eigenvalue weighted by molar-refractivity contribution is 9.10. The summed E-state index contributed by atoms with van der Waals surface area (Å²) in [6.07, 6.45) is 14.4. The molecule has 0 saturated heterocycles. The van der Waals surface area contributed by atoms with E-state index in [2.05, 4.69) is 91.4 Å². The van der Waals surface area contributed by atoms with Crippen molar-refractivity contribution in [2.45, 2.75) is 32.1 Å². The summed E-state index contributed by atoms with van der Waals surface area (Å²) in [6, 6.07) is 21.0. The van der Waals surface area contributed by atoms with Gasteiger partial charge in [0, 0.05) is 33.8 Å². The van der Waals surface area contributed by atoms with Crippen LogP contribution in [-0.2, 0) is 12.8 Å². The third-order valence-electron chi connectivity index (χ3n) is 6.77. The van der Waals surface area contributed by atoms with Crippen molar-refractivity contribution in [3.63, 3.8) is 0 Å². The van der Waals surface area contributed by atoms with Crippen molar-refractivity contribution in [2.75, 3.05) is 18.0 Å². The summed E-state index contributed by atoms with van der Waals surface area (Å²) in [5, 5.41) is 8.65. The summed E-state index contributed by atoms with van der Waals surface area (Å²) in [7, 11) is 0. The first-order valence-corrected chi connectivity index (χ1v) is 13.9. The Kier molecular flexibility index (Phi) is 7.60. The Morgan fingerprint density at radius 1 is 0.829 bits per heavy atom. The predicted octanol–water partition coefficient (Wildman–Crippen LogP) is 8.16. The monoisotopic (exact) mass is 590 g/mol. The third-order valence-corrected chi connectivity index (χ3v) is 7.83. The van der Waals surface area contributed by atoms with Gasteiger partial charge in [-0.2, -0.15) is 0 Å². The van der Waals surface area contributed by atoms with Gasteiger partial charge in [0.1, 0.15) is 0 Å². The van der Waals surface area contributed by atoms with Crippen LogP contribution in [0.4, 0.5) is 5.69 Å². The first-order chi connectivity index (χ1) is 17.1. The standard InChI is InChI=1S/C31H29Br2NO/c32-28-13-9-23(10-14-28)25(21-30(35)24-11-15-29(33)16-12-24)6-2-1-5-22-19-26-7-3-17-34-18-4-8-27(20-22)31(26)34/h1,5-6,9-16,19-21,35H,2-4,7-8,17-18H2/p+1/b5-1+,25-6+,30-21-. The molecule has 2 heterocycles. The number of hydrogen-bond donors (Lipinski definition) is 0. The number of hydrogen-bond acceptors (Lipinski definition) is 1. The molecule has 2 aliphatic rings. The molecule has 0 spiro atoms. The van der Waals surface area contributed by atoms with Crippen LogP contribution in [0.3, 0.4) is 0 Å². The molecular weight excluding hydrogens is 562 g/mol. The van der Waals surface area contributed by atoms with Gasteiger partial charge >= 0.3 is 0 Å². The Bertz CT molecular complexity index is 1260. The van der Waals surface area contributed by atoms with Crippen molar-refractivity contribution in [1.82, 2.24) is 0 Å². The molecule has 0 unspecified atom stereocenters. The minimum Gasteiger partial charge on any atom is -0.593 e. The summed E-state index contributed by atoms with van der Waals surface area (Å²) < 4.78 is 2.07. The summed E-state index contributed by atoms with van der Waals surface area (Å²) >= 11 is 7.01. The van der Waals surface area contributed by atoms with Crippen LogP contribution in [0.2, 0.25) is 0 Å². The molecule has 35 heavy (non-hydrogen) atoms. The lowest BCUT2D eigenvalue weighted by atomic mass is 9.90. The zero-order chi connectivity index (χ0) is 24.2. The van der Waals surface area contributed by atoms with E-state index in [0.29, 0.717) is 5.76 Å². The molecule has 178 valence electrons. The number of anilines is 1. The molecule has 2 aliphatic heterocycles. The van der Waals surface area contributed by atoms with Crippen molar-refractivity contribution in [2.24, 2.45) is 0 Å². The van der Waals surface area contributed by atoms with E-state index >= 15 is 0 Å². The molecule has 3 aromatic rings. The lowest BCUT2D eigenvalue weighted by Gasteiger charge is -2.37. The second-order valence-electron chi connectivity index (χ2n) is 9.25. The van der Waals surface area contributed by atoms with Crippen molar-refractivity contribution in [3.05, 3.63) is 116 Å². The average molecular weight is 592 g/mol. The molecule has 0 aliphatic carbocycles. The molecule has 0 radical (unpaired) electrons. The third kappa shape index (κ3) is 5.82. The topological polar surface area (TPSA) is 26.1 Å². The van der Waals surface area contributed by atoms with Crippen molar-refractivity contribution >= 4 is 55.0 Å². The van der Waals surface area contributed by atoms with Crippen molar-refractivity contribution < 1.29 is 5.11 Å². The van der Waals surface area contributed by atoms with Gasteiger partial charge in [0.25, 0.3) is 5.76 Å². The minimum atomic E-state index is 0.508. The van der Waals surface area contributed by atoms with Gasteiger partial charge in [-0.3, -0.25) is 0 Å². The zero-order valence-electron chi connectivity index (χ0n) is 19.7. The number of halogens is 2. The van der Waals surface area contributed by atoms with Crippen LogP contribution < -0.4 is 4.90 Å². The minimum absolute atomic E-state index is 0.508. The molecule has 5 rings (SSSR count). The quantitative estimate of drug-likeness (QED) is 0.161. The fraction of sp³-hybridized carbons (Fsp3) is 0.226. The van der Waals surface area contributed by atoms with Crippen LogP contribution >= 0.6 is 31.9 Å². The number of benzene rings is 3. The highest BCUT2D eigenvalue weighted by Crippen LogP contribution is 2.36. The lowest BCUT2D eigenvalue weighted by molar-refractivity contribution is 0.512. The van der Waals surface area contributed by atoms with Crippen LogP contribution in [0.5, 0.6) is 0 Å². The second kappa shape index (κ2) is 11.0. The molecule has 0 aromatic heterocycles. The van der Waals surface area contributed by atoms with Gasteiger partial charge in [-0.15, -0.1) is 0 Å². The van der Waals surface area contributed by atoms with Crippen LogP contribution in [-0.4, -0.2) is 18.2 Å². The maximum absolute atomic E-state index is 8.65. The first kappa shape index (κ1) is 24.1. The van der Waals surface area contributed by atoms with Gasteiger partial charge in [-0.1, -0.05) is 62.2 Å². The van der Waals surface area contributed by atoms with Gasteiger partial charge in [-0.05, 0) is 108 Å². The molecule has 0 fully saturated rings. The Hall–Kier alpha value is -2.56. The Morgan fingerprint density at radius 2 is 1.40 bits per heavy atom. The summed E-state index contributed by atoms with van der Waals surface area (Å²) in [4.78, 5) is 2.59. The van der Waals surface area contributed by atoms with E-state index in [1.54, 1.807) is 0 Å². The zero-order valence-corrected chi connectivity index (χ0v) is 22.9. The normalized spacial score (nSPS) is 16.0. The Balaban J connectivity index is 1.39. The summed E-state index contributed by atoms with van der Waals surface area (Å²) in [5.41, 5.74) is 8.97. The molecule has 0 bridgehead atoms. The number of rotatable bonds is 6. The molecule has 4 heteroatoms. The number of aryl methyl sites for hydroxylation is 2.